The largest absolute Gasteiger partial charge is 0.228 e. The van der Waals surface area contributed by atoms with Gasteiger partial charge in [0.15, 0.2) is 5.82 Å². The average molecular weight is 635 g/mol. The monoisotopic (exact) mass is 634 g/mol. The molecule has 0 radical (unpaired) electrons. The molecule has 1 aliphatic rings. The van der Waals surface area contributed by atoms with Crippen molar-refractivity contribution in [3.63, 3.8) is 0 Å². The summed E-state index contributed by atoms with van der Waals surface area (Å²) in [6, 6.07) is 65.1. The number of hydrogen-bond acceptors (Lipinski definition) is 2. The van der Waals surface area contributed by atoms with Crippen LogP contribution in [0, 0.1) is 0 Å². The van der Waals surface area contributed by atoms with Gasteiger partial charge in [0.25, 0.3) is 0 Å². The first-order chi connectivity index (χ1) is 24.7. The molecule has 50 heavy (non-hydrogen) atoms. The van der Waals surface area contributed by atoms with Crippen molar-refractivity contribution in [3.05, 3.63) is 182 Å². The van der Waals surface area contributed by atoms with Crippen LogP contribution in [0.15, 0.2) is 182 Å². The van der Waals surface area contributed by atoms with E-state index in [1.54, 1.807) is 0 Å². The molecule has 2 heteroatoms. The van der Waals surface area contributed by atoms with E-state index in [0.717, 1.165) is 33.9 Å². The zero-order chi connectivity index (χ0) is 33.0. The van der Waals surface area contributed by atoms with Crippen LogP contribution >= 0.6 is 0 Å². The molecule has 232 valence electrons. The van der Waals surface area contributed by atoms with Gasteiger partial charge < -0.3 is 0 Å². The number of aromatic nitrogens is 2. The predicted octanol–water partition coefficient (Wildman–Crippen LogP) is 12.8. The van der Waals surface area contributed by atoms with Crippen molar-refractivity contribution in [1.29, 1.82) is 0 Å². The number of hydrogen-bond donors (Lipinski definition) is 0. The molecule has 0 N–H and O–H groups in total. The lowest BCUT2D eigenvalue weighted by Crippen LogP contribution is -1.95. The van der Waals surface area contributed by atoms with E-state index >= 15 is 0 Å². The molecule has 0 saturated heterocycles. The topological polar surface area (TPSA) is 25.8 Å². The molecular weight excluding hydrogens is 605 g/mol. The van der Waals surface area contributed by atoms with E-state index in [2.05, 4.69) is 146 Å². The first-order valence-electron chi connectivity index (χ1n) is 17.1. The highest BCUT2D eigenvalue weighted by Gasteiger charge is 2.21. The van der Waals surface area contributed by atoms with Gasteiger partial charge in [-0.1, -0.05) is 152 Å². The Bertz CT molecular complexity index is 2670. The summed E-state index contributed by atoms with van der Waals surface area (Å²) >= 11 is 0. The van der Waals surface area contributed by atoms with Crippen molar-refractivity contribution < 1.29 is 0 Å². The second kappa shape index (κ2) is 11.5. The number of fused-ring (bicyclic) bond motifs is 4. The first kappa shape index (κ1) is 28.4. The van der Waals surface area contributed by atoms with Crippen molar-refractivity contribution in [3.8, 4) is 78.4 Å². The van der Waals surface area contributed by atoms with E-state index in [1.807, 2.05) is 36.4 Å². The first-order valence-corrected chi connectivity index (χ1v) is 17.1. The third-order valence-electron chi connectivity index (χ3n) is 10.00. The molecule has 1 heterocycles. The molecule has 0 saturated carbocycles. The minimum absolute atomic E-state index is 0.724. The Balaban J connectivity index is 0.981. The molecule has 9 aromatic rings. The second-order valence-corrected chi connectivity index (χ2v) is 13.0. The van der Waals surface area contributed by atoms with Crippen LogP contribution in [0.4, 0.5) is 0 Å². The zero-order valence-electron chi connectivity index (χ0n) is 27.2. The minimum Gasteiger partial charge on any atom is -0.228 e. The smallest absolute Gasteiger partial charge is 0.160 e. The van der Waals surface area contributed by atoms with E-state index in [4.69, 9.17) is 9.97 Å². The molecule has 1 aliphatic carbocycles. The van der Waals surface area contributed by atoms with Gasteiger partial charge in [-0.05, 0) is 96.4 Å². The maximum atomic E-state index is 5.01. The molecule has 0 unspecified atom stereocenters. The Hall–Kier alpha value is -6.64. The Labute approximate surface area is 291 Å². The molecular formula is C48H30N2. The van der Waals surface area contributed by atoms with Gasteiger partial charge in [-0.25, -0.2) is 9.97 Å². The van der Waals surface area contributed by atoms with Crippen molar-refractivity contribution in [2.45, 2.75) is 0 Å². The molecule has 0 bridgehead atoms. The van der Waals surface area contributed by atoms with Gasteiger partial charge in [0.1, 0.15) is 0 Å². The molecule has 8 aromatic carbocycles. The van der Waals surface area contributed by atoms with E-state index in [1.165, 1.54) is 66.1 Å². The van der Waals surface area contributed by atoms with E-state index in [-0.39, 0.29) is 0 Å². The third-order valence-corrected chi connectivity index (χ3v) is 10.00. The molecule has 10 rings (SSSR count). The highest BCUT2D eigenvalue weighted by molar-refractivity contribution is 6.16. The molecule has 0 amide bonds. The van der Waals surface area contributed by atoms with Crippen LogP contribution in [0.1, 0.15) is 0 Å². The van der Waals surface area contributed by atoms with Crippen molar-refractivity contribution in [2.75, 3.05) is 0 Å². The number of nitrogens with zero attached hydrogens (tertiary/aromatic N) is 2. The summed E-state index contributed by atoms with van der Waals surface area (Å²) in [7, 11) is 0. The predicted molar refractivity (Wildman–Crippen MR) is 209 cm³/mol. The van der Waals surface area contributed by atoms with E-state index < -0.39 is 0 Å². The van der Waals surface area contributed by atoms with Gasteiger partial charge in [-0.3, -0.25) is 0 Å². The fourth-order valence-electron chi connectivity index (χ4n) is 7.49. The van der Waals surface area contributed by atoms with Crippen LogP contribution in [0.3, 0.4) is 0 Å². The Morgan fingerprint density at radius 3 is 1.44 bits per heavy atom. The lowest BCUT2D eigenvalue weighted by Gasteiger charge is -2.11. The van der Waals surface area contributed by atoms with Crippen LogP contribution < -0.4 is 0 Å². The van der Waals surface area contributed by atoms with Crippen LogP contribution in [0.2, 0.25) is 0 Å². The Morgan fingerprint density at radius 1 is 0.260 bits per heavy atom. The third kappa shape index (κ3) is 4.81. The Morgan fingerprint density at radius 2 is 0.760 bits per heavy atom. The quantitative estimate of drug-likeness (QED) is 0.188. The summed E-state index contributed by atoms with van der Waals surface area (Å²) in [6.07, 6.45) is 0. The highest BCUT2D eigenvalue weighted by atomic mass is 14.9. The summed E-state index contributed by atoms with van der Waals surface area (Å²) in [5, 5.41) is 5.11. The fourth-order valence-corrected chi connectivity index (χ4v) is 7.49. The maximum Gasteiger partial charge on any atom is 0.160 e. The van der Waals surface area contributed by atoms with Gasteiger partial charge in [0.05, 0.1) is 11.4 Å². The summed E-state index contributed by atoms with van der Waals surface area (Å²) in [5.41, 5.74) is 15.1. The molecule has 0 atom stereocenters. The molecule has 1 aromatic heterocycles. The average Bonchev–Trinajstić information content (AvgIpc) is 3.52. The lowest BCUT2D eigenvalue weighted by molar-refractivity contribution is 1.18. The summed E-state index contributed by atoms with van der Waals surface area (Å²) in [4.78, 5) is 9.95. The van der Waals surface area contributed by atoms with Crippen LogP contribution in [0.5, 0.6) is 0 Å². The summed E-state index contributed by atoms with van der Waals surface area (Å²) in [5.74, 6) is 0.724. The maximum absolute atomic E-state index is 5.01. The Kier molecular flexibility index (Phi) is 6.53. The fraction of sp³-hybridized carbons (Fsp3) is 0. The number of benzene rings is 8. The van der Waals surface area contributed by atoms with Gasteiger partial charge in [-0.15, -0.1) is 0 Å². The van der Waals surface area contributed by atoms with Gasteiger partial charge in [-0.2, -0.15) is 0 Å². The highest BCUT2D eigenvalue weighted by Crippen LogP contribution is 2.48. The normalized spacial score (nSPS) is 11.6. The van der Waals surface area contributed by atoms with Crippen LogP contribution in [-0.4, -0.2) is 9.97 Å². The second-order valence-electron chi connectivity index (χ2n) is 13.0. The molecule has 2 nitrogen and oxygen atoms in total. The van der Waals surface area contributed by atoms with E-state index in [0.29, 0.717) is 0 Å². The summed E-state index contributed by atoms with van der Waals surface area (Å²) < 4.78 is 0. The SMILES string of the molecule is c1ccc(-c2cc(-c3ccc(-c4ccc5cc(-c6cc7c8c(cccc8c6)-c6ccccc6-7)ccc5c4)cc3)nc(-c3ccccc3)n2)cc1. The lowest BCUT2D eigenvalue weighted by atomic mass is 9.94. The van der Waals surface area contributed by atoms with Crippen molar-refractivity contribution >= 4 is 21.5 Å². The van der Waals surface area contributed by atoms with E-state index in [9.17, 15) is 0 Å². The van der Waals surface area contributed by atoms with Crippen molar-refractivity contribution in [2.24, 2.45) is 0 Å². The molecule has 0 fully saturated rings. The number of rotatable bonds is 5. The summed E-state index contributed by atoms with van der Waals surface area (Å²) in [6.45, 7) is 0. The van der Waals surface area contributed by atoms with Crippen LogP contribution in [-0.2, 0) is 0 Å². The minimum atomic E-state index is 0.724. The molecule has 0 aliphatic heterocycles. The zero-order valence-corrected chi connectivity index (χ0v) is 27.2. The van der Waals surface area contributed by atoms with Crippen LogP contribution in [0.25, 0.3) is 100.0 Å². The van der Waals surface area contributed by atoms with Gasteiger partial charge >= 0.3 is 0 Å². The van der Waals surface area contributed by atoms with Crippen molar-refractivity contribution in [1.82, 2.24) is 9.97 Å². The molecule has 0 spiro atoms. The van der Waals surface area contributed by atoms with Gasteiger partial charge in [0.2, 0.25) is 0 Å². The standard InChI is InChI=1S/C48H30N2/c1-3-10-32(11-4-1)45-30-46(50-48(49-45)34-12-5-2-6-13-34)33-20-18-31(19-21-33)35-22-23-37-27-38(25-24-36(37)26-35)40-28-39-14-9-17-43-41-15-7-8-16-42(41)44(29-40)47(39)43/h1-30H. The van der Waals surface area contributed by atoms with Gasteiger partial charge in [0, 0.05) is 16.7 Å².